The molecule has 5 heteroatoms. The molecule has 3 aromatic rings. The molecule has 3 rings (SSSR count). The van der Waals surface area contributed by atoms with Gasteiger partial charge in [-0.05, 0) is 67.8 Å². The highest BCUT2D eigenvalue weighted by atomic mass is 79.9. The van der Waals surface area contributed by atoms with Gasteiger partial charge in [0.25, 0.3) is 5.91 Å². The highest BCUT2D eigenvalue weighted by Gasteiger charge is 2.14. The minimum Gasteiger partial charge on any atom is -0.347 e. The summed E-state index contributed by atoms with van der Waals surface area (Å²) in [6.45, 7) is 6.44. The summed E-state index contributed by atoms with van der Waals surface area (Å²) in [5.41, 5.74) is 6.15. The van der Waals surface area contributed by atoms with E-state index in [9.17, 15) is 10.1 Å². The van der Waals surface area contributed by atoms with E-state index in [0.717, 1.165) is 38.2 Å². The second-order valence-electron chi connectivity index (χ2n) is 6.93. The smallest absolute Gasteiger partial charge is 0.262 e. The summed E-state index contributed by atoms with van der Waals surface area (Å²) in [5, 5.41) is 12.3. The van der Waals surface area contributed by atoms with Crippen LogP contribution in [0.15, 0.2) is 64.6 Å². The van der Waals surface area contributed by atoms with Gasteiger partial charge in [0.15, 0.2) is 0 Å². The normalized spacial score (nSPS) is 11.2. The molecule has 0 bridgehead atoms. The first-order valence-electron chi connectivity index (χ1n) is 9.30. The lowest BCUT2D eigenvalue weighted by molar-refractivity contribution is -0.117. The highest BCUT2D eigenvalue weighted by molar-refractivity contribution is 9.10. The number of nitrogens with zero attached hydrogens (tertiary/aromatic N) is 2. The lowest BCUT2D eigenvalue weighted by Crippen LogP contribution is -2.23. The maximum Gasteiger partial charge on any atom is 0.262 e. The molecule has 146 valence electrons. The molecule has 0 atom stereocenters. The van der Waals surface area contributed by atoms with Crippen LogP contribution < -0.4 is 5.32 Å². The van der Waals surface area contributed by atoms with E-state index in [-0.39, 0.29) is 11.5 Å². The van der Waals surface area contributed by atoms with Gasteiger partial charge in [0, 0.05) is 28.1 Å². The molecule has 4 nitrogen and oxygen atoms in total. The number of rotatable bonds is 5. The zero-order valence-corrected chi connectivity index (χ0v) is 18.2. The molecular formula is C24H22BrN3O. The van der Waals surface area contributed by atoms with Gasteiger partial charge in [-0.2, -0.15) is 5.26 Å². The Morgan fingerprint density at radius 3 is 2.52 bits per heavy atom. The summed E-state index contributed by atoms with van der Waals surface area (Å²) >= 11 is 3.53. The van der Waals surface area contributed by atoms with Crippen LogP contribution in [-0.4, -0.2) is 10.5 Å². The lowest BCUT2D eigenvalue weighted by Gasteiger charge is -2.11. The van der Waals surface area contributed by atoms with Gasteiger partial charge in [-0.3, -0.25) is 4.79 Å². The van der Waals surface area contributed by atoms with Crippen LogP contribution >= 0.6 is 15.9 Å². The zero-order valence-electron chi connectivity index (χ0n) is 16.7. The van der Waals surface area contributed by atoms with E-state index < -0.39 is 0 Å². The molecule has 2 aromatic carbocycles. The Hall–Kier alpha value is -3.10. The van der Waals surface area contributed by atoms with E-state index in [1.165, 1.54) is 0 Å². The lowest BCUT2D eigenvalue weighted by atomic mass is 10.1. The van der Waals surface area contributed by atoms with Crippen molar-refractivity contribution in [3.8, 4) is 11.8 Å². The maximum absolute atomic E-state index is 12.5. The summed E-state index contributed by atoms with van der Waals surface area (Å²) in [6.07, 6.45) is 1.66. The van der Waals surface area contributed by atoms with E-state index in [2.05, 4.69) is 31.9 Å². The van der Waals surface area contributed by atoms with E-state index in [1.54, 1.807) is 6.08 Å². The average Bonchev–Trinajstić information content (AvgIpc) is 3.00. The van der Waals surface area contributed by atoms with Crippen LogP contribution in [0.25, 0.3) is 11.8 Å². The fraction of sp³-hybridized carbons (Fsp3) is 0.167. The molecular weight excluding hydrogens is 426 g/mol. The number of hydrogen-bond acceptors (Lipinski definition) is 2. The van der Waals surface area contributed by atoms with E-state index >= 15 is 0 Å². The molecule has 0 aliphatic heterocycles. The average molecular weight is 448 g/mol. The number of aromatic nitrogens is 1. The minimum atomic E-state index is -0.374. The zero-order chi connectivity index (χ0) is 21.0. The highest BCUT2D eigenvalue weighted by Crippen LogP contribution is 2.26. The van der Waals surface area contributed by atoms with Crippen LogP contribution in [0.2, 0.25) is 0 Å². The monoisotopic (exact) mass is 447 g/mol. The Morgan fingerprint density at radius 2 is 1.86 bits per heavy atom. The third kappa shape index (κ3) is 4.67. The molecule has 1 heterocycles. The molecule has 1 aromatic heterocycles. The molecule has 0 aliphatic carbocycles. The first-order valence-corrected chi connectivity index (χ1v) is 10.1. The SMILES string of the molecule is Cc1cc(-n2c(C)cc(C=C(C#N)C(=O)NCc3ccccc3)c2C)ccc1Br. The van der Waals surface area contributed by atoms with Gasteiger partial charge in [-0.1, -0.05) is 46.3 Å². The van der Waals surface area contributed by atoms with Gasteiger partial charge in [-0.15, -0.1) is 0 Å². The second-order valence-corrected chi connectivity index (χ2v) is 7.79. The quantitative estimate of drug-likeness (QED) is 0.421. The minimum absolute atomic E-state index is 0.0909. The molecule has 0 unspecified atom stereocenters. The van der Waals surface area contributed by atoms with Crippen molar-refractivity contribution in [2.24, 2.45) is 0 Å². The molecule has 29 heavy (non-hydrogen) atoms. The van der Waals surface area contributed by atoms with E-state index in [0.29, 0.717) is 6.54 Å². The number of amides is 1. The van der Waals surface area contributed by atoms with Crippen molar-refractivity contribution in [2.75, 3.05) is 0 Å². The second kappa shape index (κ2) is 8.93. The molecule has 1 amide bonds. The van der Waals surface area contributed by atoms with Gasteiger partial charge in [-0.25, -0.2) is 0 Å². The molecule has 0 saturated heterocycles. The topological polar surface area (TPSA) is 57.8 Å². The van der Waals surface area contributed by atoms with Crippen LogP contribution in [0.4, 0.5) is 0 Å². The van der Waals surface area contributed by atoms with Gasteiger partial charge in [0.2, 0.25) is 0 Å². The van der Waals surface area contributed by atoms with Crippen LogP contribution in [0.1, 0.15) is 28.1 Å². The van der Waals surface area contributed by atoms with Crippen LogP contribution in [0.3, 0.4) is 0 Å². The molecule has 0 radical (unpaired) electrons. The summed E-state index contributed by atoms with van der Waals surface area (Å²) in [6, 6.07) is 19.8. The number of halogens is 1. The number of carbonyl (C=O) groups excluding carboxylic acids is 1. The Kier molecular flexibility index (Phi) is 6.36. The predicted octanol–water partition coefficient (Wildman–Crippen LogP) is 5.39. The number of aryl methyl sites for hydroxylation is 2. The van der Waals surface area contributed by atoms with Crippen molar-refractivity contribution < 1.29 is 4.79 Å². The number of nitrogens with one attached hydrogen (secondary N) is 1. The third-order valence-corrected chi connectivity index (χ3v) is 5.72. The van der Waals surface area contributed by atoms with Crippen molar-refractivity contribution >= 4 is 27.9 Å². The number of nitriles is 1. The van der Waals surface area contributed by atoms with Gasteiger partial charge < -0.3 is 9.88 Å². The summed E-state index contributed by atoms with van der Waals surface area (Å²) < 4.78 is 3.19. The third-order valence-electron chi connectivity index (χ3n) is 4.83. The Labute approximate surface area is 179 Å². The van der Waals surface area contributed by atoms with Crippen molar-refractivity contribution in [1.82, 2.24) is 9.88 Å². The maximum atomic E-state index is 12.5. The fourth-order valence-electron chi connectivity index (χ4n) is 3.28. The van der Waals surface area contributed by atoms with Crippen molar-refractivity contribution in [2.45, 2.75) is 27.3 Å². The summed E-state index contributed by atoms with van der Waals surface area (Å²) in [7, 11) is 0. The Balaban J connectivity index is 1.87. The van der Waals surface area contributed by atoms with Gasteiger partial charge >= 0.3 is 0 Å². The molecule has 0 aliphatic rings. The van der Waals surface area contributed by atoms with Crippen LogP contribution in [0, 0.1) is 32.1 Å². The summed E-state index contributed by atoms with van der Waals surface area (Å²) in [5.74, 6) is -0.374. The van der Waals surface area contributed by atoms with Gasteiger partial charge in [0.05, 0.1) is 0 Å². The first-order chi connectivity index (χ1) is 13.9. The molecule has 1 N–H and O–H groups in total. The number of carbonyl (C=O) groups is 1. The number of hydrogen-bond donors (Lipinski definition) is 1. The van der Waals surface area contributed by atoms with E-state index in [4.69, 9.17) is 0 Å². The van der Waals surface area contributed by atoms with Crippen molar-refractivity contribution in [3.63, 3.8) is 0 Å². The number of benzene rings is 2. The largest absolute Gasteiger partial charge is 0.347 e. The van der Waals surface area contributed by atoms with Crippen LogP contribution in [0.5, 0.6) is 0 Å². The Bertz CT molecular complexity index is 1120. The molecule has 0 spiro atoms. The molecule has 0 fully saturated rings. The fourth-order valence-corrected chi connectivity index (χ4v) is 3.52. The van der Waals surface area contributed by atoms with Crippen molar-refractivity contribution in [3.05, 3.63) is 92.7 Å². The van der Waals surface area contributed by atoms with Crippen LogP contribution in [-0.2, 0) is 11.3 Å². The van der Waals surface area contributed by atoms with Crippen molar-refractivity contribution in [1.29, 1.82) is 5.26 Å². The summed E-state index contributed by atoms with van der Waals surface area (Å²) in [4.78, 5) is 12.5. The standard InChI is InChI=1S/C24H22BrN3O/c1-16-11-22(9-10-23(16)25)28-17(2)12-20(18(28)3)13-21(14-26)24(29)27-15-19-7-5-4-6-8-19/h4-13H,15H2,1-3H3,(H,27,29). The first kappa shape index (κ1) is 20.6. The van der Waals surface area contributed by atoms with Gasteiger partial charge in [0.1, 0.15) is 11.6 Å². The van der Waals surface area contributed by atoms with E-state index in [1.807, 2.05) is 75.4 Å². The molecule has 0 saturated carbocycles. The Morgan fingerprint density at radius 1 is 1.14 bits per heavy atom. The predicted molar refractivity (Wildman–Crippen MR) is 120 cm³/mol.